The monoisotopic (exact) mass is 452 g/mol. The largest absolute Gasteiger partial charge is 0.451 e. The minimum atomic E-state index is -1.07. The van der Waals surface area contributed by atoms with E-state index in [1.807, 2.05) is 0 Å². The molecule has 2 fully saturated rings. The van der Waals surface area contributed by atoms with Crippen LogP contribution in [0, 0.1) is 34.5 Å². The van der Waals surface area contributed by atoms with E-state index in [-0.39, 0.29) is 34.7 Å². The summed E-state index contributed by atoms with van der Waals surface area (Å²) in [4.78, 5) is 37.1. The third-order valence-electron chi connectivity index (χ3n) is 9.07. The number of carbonyl (C=O) groups excluding carboxylic acids is 3. The summed E-state index contributed by atoms with van der Waals surface area (Å²) in [6, 6.07) is 0. The number of ketones is 2. The molecule has 164 valence electrons. The van der Waals surface area contributed by atoms with Crippen LogP contribution < -0.4 is 0 Å². The Morgan fingerprint density at radius 1 is 1.17 bits per heavy atom. The smallest absolute Gasteiger partial charge is 0.303 e. The molecule has 0 unspecified atom stereocenters. The Balaban J connectivity index is 1.82. The topological polar surface area (TPSA) is 60.4 Å². The van der Waals surface area contributed by atoms with Gasteiger partial charge in [-0.3, -0.25) is 14.4 Å². The highest BCUT2D eigenvalue weighted by molar-refractivity contribution is 6.32. The number of hydrogen-bond donors (Lipinski definition) is 0. The normalized spacial score (nSPS) is 44.9. The van der Waals surface area contributed by atoms with E-state index in [1.54, 1.807) is 13.0 Å². The van der Waals surface area contributed by atoms with Gasteiger partial charge in [-0.15, -0.1) is 11.6 Å². The van der Waals surface area contributed by atoms with Crippen molar-refractivity contribution in [1.82, 2.24) is 0 Å². The predicted octanol–water partition coefficient (Wildman–Crippen LogP) is 5.22. The Kier molecular flexibility index (Phi) is 5.30. The molecule has 0 N–H and O–H groups in total. The van der Waals surface area contributed by atoms with Crippen LogP contribution in [0.5, 0.6) is 0 Å². The Morgan fingerprint density at radius 3 is 2.43 bits per heavy atom. The average Bonchev–Trinajstić information content (AvgIpc) is 2.96. The van der Waals surface area contributed by atoms with E-state index in [2.05, 4.69) is 19.9 Å². The van der Waals surface area contributed by atoms with E-state index in [4.69, 9.17) is 27.9 Å². The number of esters is 1. The number of halogens is 2. The molecule has 4 aliphatic rings. The van der Waals surface area contributed by atoms with Crippen LogP contribution in [0.4, 0.5) is 0 Å². The lowest BCUT2D eigenvalue weighted by atomic mass is 9.46. The van der Waals surface area contributed by atoms with E-state index in [9.17, 15) is 14.4 Å². The first-order chi connectivity index (χ1) is 14.0. The van der Waals surface area contributed by atoms with Gasteiger partial charge in [-0.1, -0.05) is 31.5 Å². The lowest BCUT2D eigenvalue weighted by molar-refractivity contribution is -0.185. The first kappa shape index (κ1) is 22.1. The molecule has 0 amide bonds. The number of ether oxygens (including phenoxy) is 1. The van der Waals surface area contributed by atoms with Crippen molar-refractivity contribution in [2.45, 2.75) is 65.4 Å². The molecule has 0 heterocycles. The van der Waals surface area contributed by atoms with Gasteiger partial charge in [0.1, 0.15) is 0 Å². The molecule has 4 nitrogen and oxygen atoms in total. The molecule has 0 aromatic carbocycles. The van der Waals surface area contributed by atoms with E-state index in [0.29, 0.717) is 29.7 Å². The van der Waals surface area contributed by atoms with Crippen molar-refractivity contribution in [2.75, 3.05) is 5.88 Å². The predicted molar refractivity (Wildman–Crippen MR) is 116 cm³/mol. The number of hydrogen-bond acceptors (Lipinski definition) is 4. The first-order valence-corrected chi connectivity index (χ1v) is 11.8. The summed E-state index contributed by atoms with van der Waals surface area (Å²) in [6.45, 7) is 7.26. The number of allylic oxidation sites excluding steroid dienone is 4. The molecule has 0 aromatic heterocycles. The van der Waals surface area contributed by atoms with Crippen molar-refractivity contribution in [1.29, 1.82) is 0 Å². The van der Waals surface area contributed by atoms with Gasteiger partial charge in [-0.2, -0.15) is 0 Å². The molecule has 2 saturated carbocycles. The van der Waals surface area contributed by atoms with Gasteiger partial charge < -0.3 is 4.74 Å². The minimum Gasteiger partial charge on any atom is -0.451 e. The number of rotatable bonds is 3. The lowest BCUT2D eigenvalue weighted by Gasteiger charge is -2.59. The Morgan fingerprint density at radius 2 is 1.83 bits per heavy atom. The van der Waals surface area contributed by atoms with Crippen LogP contribution >= 0.6 is 23.2 Å². The summed E-state index contributed by atoms with van der Waals surface area (Å²) in [5, 5.41) is 0.638. The molecule has 0 spiro atoms. The maximum Gasteiger partial charge on any atom is 0.303 e. The van der Waals surface area contributed by atoms with Crippen LogP contribution in [0.15, 0.2) is 22.8 Å². The minimum absolute atomic E-state index is 0.0402. The molecular formula is C24H30Cl2O4. The van der Waals surface area contributed by atoms with Gasteiger partial charge in [0.2, 0.25) is 0 Å². The van der Waals surface area contributed by atoms with E-state index >= 15 is 0 Å². The highest BCUT2D eigenvalue weighted by atomic mass is 35.5. The highest BCUT2D eigenvalue weighted by Gasteiger charge is 2.68. The average molecular weight is 453 g/mol. The van der Waals surface area contributed by atoms with Gasteiger partial charge >= 0.3 is 5.97 Å². The summed E-state index contributed by atoms with van der Waals surface area (Å²) < 4.78 is 5.81. The second-order valence-corrected chi connectivity index (χ2v) is 10.9. The van der Waals surface area contributed by atoms with Crippen LogP contribution in [-0.4, -0.2) is 29.0 Å². The fourth-order valence-electron chi connectivity index (χ4n) is 7.54. The van der Waals surface area contributed by atoms with Crippen LogP contribution in [0.3, 0.4) is 0 Å². The summed E-state index contributed by atoms with van der Waals surface area (Å²) >= 11 is 13.2. The number of carbonyl (C=O) groups is 3. The lowest BCUT2D eigenvalue weighted by Crippen LogP contribution is -2.59. The Bertz CT molecular complexity index is 876. The second-order valence-electron chi connectivity index (χ2n) is 10.1. The molecule has 0 bridgehead atoms. The molecule has 7 atom stereocenters. The third kappa shape index (κ3) is 2.75. The molecular weight excluding hydrogens is 423 g/mol. The van der Waals surface area contributed by atoms with Gasteiger partial charge in [0, 0.05) is 35.1 Å². The molecule has 30 heavy (non-hydrogen) atoms. The van der Waals surface area contributed by atoms with Crippen molar-refractivity contribution in [3.63, 3.8) is 0 Å². The number of fused-ring (bicyclic) bond motifs is 5. The fourth-order valence-corrected chi connectivity index (χ4v) is 8.38. The van der Waals surface area contributed by atoms with Gasteiger partial charge in [-0.25, -0.2) is 0 Å². The number of Topliss-reactive ketones (excluding diaryl/α,β-unsaturated/α-hetero) is 1. The van der Waals surface area contributed by atoms with E-state index < -0.39 is 17.0 Å². The van der Waals surface area contributed by atoms with Crippen molar-refractivity contribution < 1.29 is 19.1 Å². The van der Waals surface area contributed by atoms with Gasteiger partial charge in [0.05, 0.1) is 0 Å². The van der Waals surface area contributed by atoms with Crippen LogP contribution in [0.25, 0.3) is 0 Å². The number of alkyl halides is 1. The highest BCUT2D eigenvalue weighted by Crippen LogP contribution is 2.68. The summed E-state index contributed by atoms with van der Waals surface area (Å²) in [5.74, 6) is 0.705. The van der Waals surface area contributed by atoms with E-state index in [0.717, 1.165) is 24.8 Å². The van der Waals surface area contributed by atoms with Gasteiger partial charge in [0.15, 0.2) is 17.2 Å². The third-order valence-corrected chi connectivity index (χ3v) is 9.77. The van der Waals surface area contributed by atoms with Gasteiger partial charge in [0.25, 0.3) is 0 Å². The SMILES string of the molecule is CC(=O)O[C@@]1(C(C)=O)CC[C@@H]2[C@H]3C=C(Cl)C4=CC(=O)C[C@@H](CCl)[C@@]4(C)[C@@H]3CC[C@]21C. The van der Waals surface area contributed by atoms with E-state index in [1.165, 1.54) is 6.92 Å². The fraction of sp³-hybridized carbons (Fsp3) is 0.708. The molecule has 6 heteroatoms. The molecule has 0 saturated heterocycles. The molecule has 4 aliphatic carbocycles. The molecule has 0 aliphatic heterocycles. The Hall–Kier alpha value is -1.13. The van der Waals surface area contributed by atoms with Crippen LogP contribution in [-0.2, 0) is 19.1 Å². The maximum absolute atomic E-state index is 12.8. The summed E-state index contributed by atoms with van der Waals surface area (Å²) in [5.41, 5.74) is -0.846. The van der Waals surface area contributed by atoms with Crippen molar-refractivity contribution >= 4 is 40.7 Å². The van der Waals surface area contributed by atoms with Crippen molar-refractivity contribution in [3.8, 4) is 0 Å². The van der Waals surface area contributed by atoms with Crippen molar-refractivity contribution in [2.24, 2.45) is 34.5 Å². The van der Waals surface area contributed by atoms with Gasteiger partial charge in [-0.05, 0) is 67.9 Å². The zero-order valence-corrected chi connectivity index (χ0v) is 19.6. The zero-order chi connectivity index (χ0) is 22.1. The molecule has 0 aromatic rings. The summed E-state index contributed by atoms with van der Waals surface area (Å²) in [6.07, 6.45) is 7.31. The van der Waals surface area contributed by atoms with Crippen LogP contribution in [0.2, 0.25) is 0 Å². The Labute approximate surface area is 188 Å². The first-order valence-electron chi connectivity index (χ1n) is 10.9. The quantitative estimate of drug-likeness (QED) is 0.435. The summed E-state index contributed by atoms with van der Waals surface area (Å²) in [7, 11) is 0. The van der Waals surface area contributed by atoms with Crippen molar-refractivity contribution in [3.05, 3.63) is 22.8 Å². The maximum atomic E-state index is 12.8. The zero-order valence-electron chi connectivity index (χ0n) is 18.1. The molecule has 0 radical (unpaired) electrons. The van der Waals surface area contributed by atoms with Crippen LogP contribution in [0.1, 0.15) is 59.8 Å². The standard InChI is InChI=1S/C24H30Cl2O4/c1-13(27)24(30-14(2)28)8-6-18-17-11-21(26)20-10-16(29)9-15(12-25)23(20,4)19(17)5-7-22(18,24)3/h10-11,15,17-19H,5-9,12H2,1-4H3/t15-,17+,18+,19+,22+,23-,24+/m0/s1. The molecule has 4 rings (SSSR count). The second kappa shape index (κ2) is 7.20.